The third-order valence-corrected chi connectivity index (χ3v) is 5.39. The van der Waals surface area contributed by atoms with Crippen molar-refractivity contribution in [2.24, 2.45) is 0 Å². The van der Waals surface area contributed by atoms with E-state index in [1.54, 1.807) is 6.07 Å². The summed E-state index contributed by atoms with van der Waals surface area (Å²) in [6.07, 6.45) is -0.0473. The first-order valence-corrected chi connectivity index (χ1v) is 10.3. The van der Waals surface area contributed by atoms with E-state index < -0.39 is 33.3 Å². The summed E-state index contributed by atoms with van der Waals surface area (Å²) in [4.78, 5) is 24.2. The summed E-state index contributed by atoms with van der Waals surface area (Å²) in [5, 5.41) is 2.76. The Morgan fingerprint density at radius 3 is 2.19 bits per heavy atom. The van der Waals surface area contributed by atoms with Gasteiger partial charge in [0.05, 0.1) is 24.2 Å². The van der Waals surface area contributed by atoms with Crippen molar-refractivity contribution in [3.05, 3.63) is 57.6 Å². The lowest BCUT2D eigenvalue weighted by Gasteiger charge is -2.15. The number of carbonyl (C=O) groups excluding carboxylic acids is 2. The molecule has 0 fully saturated rings. The summed E-state index contributed by atoms with van der Waals surface area (Å²) in [7, 11) is -4.61. The molecule has 0 aliphatic carbocycles. The molecule has 0 saturated carbocycles. The van der Waals surface area contributed by atoms with E-state index in [2.05, 4.69) is 14.2 Å². The van der Waals surface area contributed by atoms with Crippen LogP contribution in [-0.2, 0) is 26.1 Å². The Bertz CT molecular complexity index is 1110. The van der Waals surface area contributed by atoms with Gasteiger partial charge in [-0.1, -0.05) is 17.7 Å². The standard InChI is InChI=1S/C19H17ClF3NO6S/c1-10-6-13(30-31(27,28)19(21,22)23)7-11(2)17(10)18(26)24-15-8-12(4-5-14(15)20)9-16(25)29-3/h4-8H,9H2,1-3H3,(H,24,26). The van der Waals surface area contributed by atoms with Crippen molar-refractivity contribution in [2.75, 3.05) is 12.4 Å². The first-order valence-electron chi connectivity index (χ1n) is 8.53. The molecule has 0 spiro atoms. The molecule has 2 aromatic carbocycles. The average molecular weight is 480 g/mol. The van der Waals surface area contributed by atoms with E-state index in [-0.39, 0.29) is 33.8 Å². The molecule has 0 aliphatic heterocycles. The van der Waals surface area contributed by atoms with Gasteiger partial charge in [-0.05, 0) is 54.8 Å². The minimum absolute atomic E-state index is 0.0473. The lowest BCUT2D eigenvalue weighted by Crippen LogP contribution is -2.28. The summed E-state index contributed by atoms with van der Waals surface area (Å²) in [6, 6.07) is 6.54. The van der Waals surface area contributed by atoms with Crippen molar-refractivity contribution < 1.29 is 40.1 Å². The molecule has 0 unspecified atom stereocenters. The smallest absolute Gasteiger partial charge is 0.469 e. The number of hydrogen-bond donors (Lipinski definition) is 1. The maximum atomic E-state index is 12.8. The normalized spacial score (nSPS) is 11.7. The Hall–Kier alpha value is -2.79. The van der Waals surface area contributed by atoms with Crippen LogP contribution in [0.4, 0.5) is 18.9 Å². The van der Waals surface area contributed by atoms with Crippen molar-refractivity contribution in [1.29, 1.82) is 0 Å². The number of carbonyl (C=O) groups is 2. The van der Waals surface area contributed by atoms with Gasteiger partial charge >= 0.3 is 21.6 Å². The highest BCUT2D eigenvalue weighted by molar-refractivity contribution is 7.88. The predicted molar refractivity (Wildman–Crippen MR) is 107 cm³/mol. The maximum absolute atomic E-state index is 12.8. The van der Waals surface area contributed by atoms with E-state index >= 15 is 0 Å². The summed E-state index contributed by atoms with van der Waals surface area (Å²) >= 11 is 6.09. The lowest BCUT2D eigenvalue weighted by atomic mass is 10.0. The number of alkyl halides is 3. The van der Waals surface area contributed by atoms with E-state index in [0.717, 1.165) is 12.1 Å². The largest absolute Gasteiger partial charge is 0.534 e. The highest BCUT2D eigenvalue weighted by Crippen LogP contribution is 2.30. The van der Waals surface area contributed by atoms with E-state index in [4.69, 9.17) is 11.6 Å². The van der Waals surface area contributed by atoms with Gasteiger partial charge in [0.15, 0.2) is 0 Å². The quantitative estimate of drug-likeness (QED) is 0.379. The molecule has 0 atom stereocenters. The summed E-state index contributed by atoms with van der Waals surface area (Å²) in [6.45, 7) is 2.81. The number of benzene rings is 2. The van der Waals surface area contributed by atoms with Gasteiger partial charge in [0.1, 0.15) is 5.75 Å². The van der Waals surface area contributed by atoms with Gasteiger partial charge in [0.2, 0.25) is 0 Å². The highest BCUT2D eigenvalue weighted by atomic mass is 35.5. The predicted octanol–water partition coefficient (Wildman–Crippen LogP) is 4.15. The zero-order valence-corrected chi connectivity index (χ0v) is 18.0. The molecule has 1 amide bonds. The fraction of sp³-hybridized carbons (Fsp3) is 0.263. The van der Waals surface area contributed by atoms with Crippen molar-refractivity contribution in [2.45, 2.75) is 25.8 Å². The topological polar surface area (TPSA) is 98.8 Å². The number of aryl methyl sites for hydroxylation is 2. The molecule has 0 heterocycles. The van der Waals surface area contributed by atoms with Gasteiger partial charge in [-0.25, -0.2) is 0 Å². The zero-order chi connectivity index (χ0) is 23.6. The molecule has 1 N–H and O–H groups in total. The molecule has 0 saturated heterocycles. The monoisotopic (exact) mass is 479 g/mol. The number of methoxy groups -OCH3 is 1. The molecular formula is C19H17ClF3NO6S. The second-order valence-electron chi connectivity index (χ2n) is 6.44. The van der Waals surface area contributed by atoms with Gasteiger partial charge in [-0.2, -0.15) is 21.6 Å². The SMILES string of the molecule is COC(=O)Cc1ccc(Cl)c(NC(=O)c2c(C)cc(OS(=O)(=O)C(F)(F)F)cc2C)c1. The molecule has 2 aromatic rings. The minimum Gasteiger partial charge on any atom is -0.469 e. The zero-order valence-electron chi connectivity index (χ0n) is 16.5. The van der Waals surface area contributed by atoms with E-state index in [1.807, 2.05) is 0 Å². The first kappa shape index (κ1) is 24.5. The molecule has 12 heteroatoms. The van der Waals surface area contributed by atoms with Crippen molar-refractivity contribution >= 4 is 39.3 Å². The van der Waals surface area contributed by atoms with Crippen LogP contribution in [0.5, 0.6) is 5.75 Å². The number of anilines is 1. The van der Waals surface area contributed by atoms with Crippen molar-refractivity contribution in [1.82, 2.24) is 0 Å². The van der Waals surface area contributed by atoms with Crippen LogP contribution in [0, 0.1) is 13.8 Å². The molecule has 31 heavy (non-hydrogen) atoms. The fourth-order valence-corrected chi connectivity index (χ4v) is 3.31. The molecular weight excluding hydrogens is 463 g/mol. The minimum atomic E-state index is -5.84. The van der Waals surface area contributed by atoms with Crippen LogP contribution >= 0.6 is 11.6 Å². The lowest BCUT2D eigenvalue weighted by molar-refractivity contribution is -0.139. The summed E-state index contributed by atoms with van der Waals surface area (Å²) < 4.78 is 68.7. The van der Waals surface area contributed by atoms with Crippen LogP contribution in [0.25, 0.3) is 0 Å². The molecule has 168 valence electrons. The Balaban J connectivity index is 2.31. The third kappa shape index (κ3) is 5.88. The van der Waals surface area contributed by atoms with Crippen LogP contribution in [0.1, 0.15) is 27.0 Å². The molecule has 2 rings (SSSR count). The van der Waals surface area contributed by atoms with E-state index in [9.17, 15) is 31.2 Å². The van der Waals surface area contributed by atoms with Gasteiger partial charge in [-0.3, -0.25) is 9.59 Å². The maximum Gasteiger partial charge on any atom is 0.534 e. The average Bonchev–Trinajstić information content (AvgIpc) is 2.62. The molecule has 0 bridgehead atoms. The van der Waals surface area contributed by atoms with Crippen LogP contribution < -0.4 is 9.50 Å². The number of rotatable bonds is 6. The van der Waals surface area contributed by atoms with Crippen LogP contribution in [0.3, 0.4) is 0 Å². The fourth-order valence-electron chi connectivity index (χ4n) is 2.71. The molecule has 7 nitrogen and oxygen atoms in total. The second-order valence-corrected chi connectivity index (χ2v) is 8.38. The van der Waals surface area contributed by atoms with Gasteiger partial charge in [-0.15, -0.1) is 0 Å². The third-order valence-electron chi connectivity index (χ3n) is 4.08. The van der Waals surface area contributed by atoms with E-state index in [0.29, 0.717) is 5.56 Å². The van der Waals surface area contributed by atoms with Crippen molar-refractivity contribution in [3.63, 3.8) is 0 Å². The van der Waals surface area contributed by atoms with Crippen LogP contribution in [0.15, 0.2) is 30.3 Å². The number of ether oxygens (including phenoxy) is 1. The molecule has 0 aromatic heterocycles. The van der Waals surface area contributed by atoms with Crippen LogP contribution in [-0.4, -0.2) is 32.9 Å². The van der Waals surface area contributed by atoms with Crippen LogP contribution in [0.2, 0.25) is 5.02 Å². The molecule has 0 radical (unpaired) electrons. The van der Waals surface area contributed by atoms with Gasteiger partial charge in [0, 0.05) is 5.56 Å². The van der Waals surface area contributed by atoms with Gasteiger partial charge in [0.25, 0.3) is 5.91 Å². The Morgan fingerprint density at radius 1 is 1.10 bits per heavy atom. The van der Waals surface area contributed by atoms with Gasteiger partial charge < -0.3 is 14.2 Å². The summed E-state index contributed by atoms with van der Waals surface area (Å²) in [5.41, 5.74) is -4.42. The number of hydrogen-bond acceptors (Lipinski definition) is 6. The Morgan fingerprint density at radius 2 is 1.68 bits per heavy atom. The number of esters is 1. The number of amides is 1. The molecule has 0 aliphatic rings. The first-order chi connectivity index (χ1) is 14.2. The second kappa shape index (κ2) is 9.15. The van der Waals surface area contributed by atoms with Crippen molar-refractivity contribution in [3.8, 4) is 5.75 Å². The Labute approximate surface area is 181 Å². The summed E-state index contributed by atoms with van der Waals surface area (Å²) in [5.74, 6) is -1.71. The van der Waals surface area contributed by atoms with E-state index in [1.165, 1.54) is 33.1 Å². The Kier molecular flexibility index (Phi) is 7.22. The number of nitrogens with one attached hydrogen (secondary N) is 1. The highest BCUT2D eigenvalue weighted by Gasteiger charge is 2.48. The number of halogens is 4.